The Morgan fingerprint density at radius 1 is 0.941 bits per heavy atom. The molecule has 1 aromatic heterocycles. The Morgan fingerprint density at radius 3 is 2.21 bits per heavy atom. The average molecular weight is 496 g/mol. The molecule has 34 heavy (non-hydrogen) atoms. The van der Waals surface area contributed by atoms with E-state index in [0.29, 0.717) is 33.4 Å². The summed E-state index contributed by atoms with van der Waals surface area (Å²) in [4.78, 5) is 0. The number of ether oxygens (including phenoxy) is 1. The minimum Gasteiger partial charge on any atom is -0.376 e. The zero-order valence-electron chi connectivity index (χ0n) is 19.7. The van der Waals surface area contributed by atoms with Gasteiger partial charge >= 0.3 is 0 Å². The van der Waals surface area contributed by atoms with Gasteiger partial charge in [-0.15, -0.1) is 0 Å². The van der Waals surface area contributed by atoms with Crippen LogP contribution in [0.15, 0.2) is 47.0 Å². The first-order chi connectivity index (χ1) is 16.5. The molecule has 5 heteroatoms. The molecule has 4 aliphatic carbocycles. The predicted octanol–water partition coefficient (Wildman–Crippen LogP) is 8.64. The summed E-state index contributed by atoms with van der Waals surface area (Å²) in [6.45, 7) is 3.46. The normalized spacial score (nSPS) is 26.2. The molecule has 0 unspecified atom stereocenters. The summed E-state index contributed by atoms with van der Waals surface area (Å²) in [5.41, 5.74) is 6.05. The highest BCUT2D eigenvalue weighted by Gasteiger charge is 2.49. The lowest BCUT2D eigenvalue weighted by Crippen LogP contribution is -2.46. The second kappa shape index (κ2) is 8.69. The summed E-state index contributed by atoms with van der Waals surface area (Å²) in [6, 6.07) is 14.8. The van der Waals surface area contributed by atoms with E-state index in [1.54, 1.807) is 0 Å². The van der Waals surface area contributed by atoms with E-state index >= 15 is 0 Å². The first-order valence-corrected chi connectivity index (χ1v) is 13.3. The lowest BCUT2D eigenvalue weighted by atomic mass is 9.52. The number of aromatic nitrogens is 1. The SMILES string of the molecule is Cc1ccc(C23CCC(COCc4c(-c5c(Cl)cccc5Cl)noc4C4CC4)(CC2)CC3)cc1. The van der Waals surface area contributed by atoms with E-state index in [9.17, 15) is 0 Å². The molecule has 2 bridgehead atoms. The van der Waals surface area contributed by atoms with Gasteiger partial charge in [0.15, 0.2) is 0 Å². The van der Waals surface area contributed by atoms with Gasteiger partial charge < -0.3 is 9.26 Å². The van der Waals surface area contributed by atoms with E-state index in [0.717, 1.165) is 42.0 Å². The maximum absolute atomic E-state index is 6.51. The molecule has 0 aliphatic heterocycles. The van der Waals surface area contributed by atoms with E-state index in [1.807, 2.05) is 18.2 Å². The Kier molecular flexibility index (Phi) is 5.79. The Bertz CT molecular complexity index is 1150. The Balaban J connectivity index is 1.17. The summed E-state index contributed by atoms with van der Waals surface area (Å²) < 4.78 is 12.3. The lowest BCUT2D eigenvalue weighted by Gasteiger charge is -2.53. The van der Waals surface area contributed by atoms with E-state index in [1.165, 1.54) is 49.7 Å². The van der Waals surface area contributed by atoms with Crippen molar-refractivity contribution in [3.8, 4) is 11.3 Å². The molecule has 0 spiro atoms. The van der Waals surface area contributed by atoms with Crippen molar-refractivity contribution >= 4 is 23.2 Å². The third kappa shape index (κ3) is 4.00. The van der Waals surface area contributed by atoms with Crippen LogP contribution in [0.1, 0.15) is 79.7 Å². The number of fused-ring (bicyclic) bond motifs is 3. The fraction of sp³-hybridized carbons (Fsp3) is 0.483. The van der Waals surface area contributed by atoms with Crippen molar-refractivity contribution in [2.75, 3.05) is 6.61 Å². The summed E-state index contributed by atoms with van der Waals surface area (Å²) in [7, 11) is 0. The molecule has 3 nitrogen and oxygen atoms in total. The minimum atomic E-state index is 0.297. The Morgan fingerprint density at radius 2 is 1.59 bits per heavy atom. The largest absolute Gasteiger partial charge is 0.376 e. The van der Waals surface area contributed by atoms with Crippen LogP contribution in [-0.4, -0.2) is 11.8 Å². The molecule has 4 aliphatic rings. The van der Waals surface area contributed by atoms with Crippen molar-refractivity contribution in [2.24, 2.45) is 5.41 Å². The fourth-order valence-corrected chi connectivity index (χ4v) is 6.81. The van der Waals surface area contributed by atoms with Crippen LogP contribution in [0.3, 0.4) is 0 Å². The van der Waals surface area contributed by atoms with E-state index < -0.39 is 0 Å². The van der Waals surface area contributed by atoms with Crippen molar-refractivity contribution in [1.29, 1.82) is 0 Å². The van der Waals surface area contributed by atoms with Gasteiger partial charge in [0.05, 0.1) is 23.3 Å². The Labute approximate surface area is 211 Å². The zero-order chi connectivity index (χ0) is 23.3. The van der Waals surface area contributed by atoms with Crippen LogP contribution in [-0.2, 0) is 16.8 Å². The lowest BCUT2D eigenvalue weighted by molar-refractivity contribution is -0.0433. The van der Waals surface area contributed by atoms with Gasteiger partial charge in [-0.3, -0.25) is 0 Å². The molecule has 4 saturated carbocycles. The summed E-state index contributed by atoms with van der Waals surface area (Å²) in [5, 5.41) is 5.59. The number of halogens is 2. The number of rotatable bonds is 7. The molecule has 0 saturated heterocycles. The number of aryl methyl sites for hydroxylation is 1. The number of hydrogen-bond donors (Lipinski definition) is 0. The quantitative estimate of drug-likeness (QED) is 0.328. The smallest absolute Gasteiger partial charge is 0.145 e. The number of benzene rings is 2. The van der Waals surface area contributed by atoms with Crippen LogP contribution < -0.4 is 0 Å². The van der Waals surface area contributed by atoms with Crippen LogP contribution in [0.4, 0.5) is 0 Å². The first-order valence-electron chi connectivity index (χ1n) is 12.6. The average Bonchev–Trinajstić information content (AvgIpc) is 3.62. The molecule has 3 aromatic rings. The molecule has 0 amide bonds. The number of hydrogen-bond acceptors (Lipinski definition) is 3. The van der Waals surface area contributed by atoms with E-state index in [-0.39, 0.29) is 0 Å². The molecule has 178 valence electrons. The van der Waals surface area contributed by atoms with Crippen LogP contribution in [0.5, 0.6) is 0 Å². The van der Waals surface area contributed by atoms with Gasteiger partial charge in [-0.2, -0.15) is 0 Å². The predicted molar refractivity (Wildman–Crippen MR) is 137 cm³/mol. The van der Waals surface area contributed by atoms with Gasteiger partial charge in [-0.25, -0.2) is 0 Å². The second-order valence-electron chi connectivity index (χ2n) is 10.9. The van der Waals surface area contributed by atoms with Gasteiger partial charge in [0, 0.05) is 17.0 Å². The molecule has 0 N–H and O–H groups in total. The summed E-state index contributed by atoms with van der Waals surface area (Å²) in [5.74, 6) is 1.40. The first kappa shape index (κ1) is 22.6. The molecule has 2 aromatic carbocycles. The van der Waals surface area contributed by atoms with E-state index in [4.69, 9.17) is 32.5 Å². The molecular formula is C29H31Cl2NO2. The van der Waals surface area contributed by atoms with E-state index in [2.05, 4.69) is 36.3 Å². The standard InChI is InChI=1S/C29H31Cl2NO2/c1-19-5-9-21(10-6-19)29-14-11-28(12-15-29,13-16-29)18-33-17-22-26(32-34-27(22)20-7-8-20)25-23(30)3-2-4-24(25)31/h2-6,9-10,20H,7-8,11-18H2,1H3. The highest BCUT2D eigenvalue weighted by atomic mass is 35.5. The fourth-order valence-electron chi connectivity index (χ4n) is 6.24. The zero-order valence-corrected chi connectivity index (χ0v) is 21.2. The van der Waals surface area contributed by atoms with Crippen LogP contribution in [0.2, 0.25) is 10.0 Å². The third-order valence-corrected chi connectivity index (χ3v) is 9.32. The van der Waals surface area contributed by atoms with Gasteiger partial charge in [0.2, 0.25) is 0 Å². The maximum Gasteiger partial charge on any atom is 0.145 e. The third-order valence-electron chi connectivity index (χ3n) is 8.69. The summed E-state index contributed by atoms with van der Waals surface area (Å²) >= 11 is 13.0. The molecule has 4 fully saturated rings. The molecule has 7 rings (SSSR count). The van der Waals surface area contributed by atoms with Gasteiger partial charge in [-0.05, 0) is 86.8 Å². The maximum atomic E-state index is 6.51. The second-order valence-corrected chi connectivity index (χ2v) is 11.7. The molecule has 0 atom stereocenters. The van der Waals surface area contributed by atoms with Crippen molar-refractivity contribution in [3.63, 3.8) is 0 Å². The van der Waals surface area contributed by atoms with Crippen molar-refractivity contribution < 1.29 is 9.26 Å². The van der Waals surface area contributed by atoms with Gasteiger partial charge in [0.1, 0.15) is 11.5 Å². The van der Waals surface area contributed by atoms with Crippen molar-refractivity contribution in [2.45, 2.75) is 76.2 Å². The van der Waals surface area contributed by atoms with Gasteiger partial charge in [0.25, 0.3) is 0 Å². The van der Waals surface area contributed by atoms with Gasteiger partial charge in [-0.1, -0.05) is 64.3 Å². The topological polar surface area (TPSA) is 35.3 Å². The van der Waals surface area contributed by atoms with Crippen molar-refractivity contribution in [3.05, 3.63) is 75.0 Å². The van der Waals surface area contributed by atoms with Crippen molar-refractivity contribution in [1.82, 2.24) is 5.16 Å². The molecule has 1 heterocycles. The number of nitrogens with zero attached hydrogens (tertiary/aromatic N) is 1. The van der Waals surface area contributed by atoms with Crippen LogP contribution >= 0.6 is 23.2 Å². The highest BCUT2D eigenvalue weighted by Crippen LogP contribution is 2.58. The van der Waals surface area contributed by atoms with Crippen LogP contribution in [0.25, 0.3) is 11.3 Å². The highest BCUT2D eigenvalue weighted by molar-refractivity contribution is 6.39. The molecule has 0 radical (unpaired) electrons. The Hall–Kier alpha value is -1.81. The minimum absolute atomic E-state index is 0.297. The molecular weight excluding hydrogens is 465 g/mol. The summed E-state index contributed by atoms with van der Waals surface area (Å²) in [6.07, 6.45) is 9.79. The monoisotopic (exact) mass is 495 g/mol. The van der Waals surface area contributed by atoms with Crippen LogP contribution in [0, 0.1) is 12.3 Å².